The number of hydrogen-bond donors (Lipinski definition) is 2. The van der Waals surface area contributed by atoms with Gasteiger partial charge in [-0.25, -0.2) is 22.7 Å². The maximum Gasteiger partial charge on any atom is 0.341 e. The van der Waals surface area contributed by atoms with Crippen LogP contribution in [0.1, 0.15) is 55.6 Å². The maximum absolute atomic E-state index is 13.9. The second-order valence-electron chi connectivity index (χ2n) is 12.6. The molecule has 0 unspecified atom stereocenters. The van der Waals surface area contributed by atoms with Crippen LogP contribution in [0.5, 0.6) is 11.5 Å². The lowest BCUT2D eigenvalue weighted by Crippen LogP contribution is -2.46. The van der Waals surface area contributed by atoms with Gasteiger partial charge in [-0.1, -0.05) is 69.3 Å². The third-order valence-electron chi connectivity index (χ3n) is 7.57. The number of imide groups is 1. The standard InChI is InChI=1S/C37H39N3O11S/c1-5-49-34(44)27-12-9-13-29(52(47,48)39-36(46)37(2,3)4)33(27)51-35(45)28(38-30(41)20-21-40-31(42)18-19-32(40)43)22-24-14-16-26(17-15-24)50-23-25-10-7-6-8-11-25/h6-19,28H,5,20-23H2,1-4H3,(H,38,41)(H,39,46)/t28-/m0/s1. The van der Waals surface area contributed by atoms with E-state index in [4.69, 9.17) is 14.2 Å². The highest BCUT2D eigenvalue weighted by atomic mass is 32.2. The number of carbonyl (C=O) groups excluding carboxylic acids is 6. The summed E-state index contributed by atoms with van der Waals surface area (Å²) in [5.74, 6) is -5.15. The number of ether oxygens (including phenoxy) is 3. The number of carbonyl (C=O) groups is 6. The van der Waals surface area contributed by atoms with Crippen LogP contribution < -0.4 is 19.5 Å². The first-order chi connectivity index (χ1) is 24.6. The number of sulfonamides is 1. The van der Waals surface area contributed by atoms with Crippen molar-refractivity contribution in [3.8, 4) is 11.5 Å². The molecule has 52 heavy (non-hydrogen) atoms. The Hall–Kier alpha value is -5.83. The zero-order valence-electron chi connectivity index (χ0n) is 29.0. The van der Waals surface area contributed by atoms with Gasteiger partial charge in [0.2, 0.25) is 11.8 Å². The van der Waals surface area contributed by atoms with Crippen LogP contribution in [-0.2, 0) is 51.8 Å². The van der Waals surface area contributed by atoms with Crippen LogP contribution in [0.4, 0.5) is 0 Å². The van der Waals surface area contributed by atoms with Gasteiger partial charge in [0.25, 0.3) is 21.8 Å². The Morgan fingerprint density at radius 1 is 0.846 bits per heavy atom. The van der Waals surface area contributed by atoms with Gasteiger partial charge in [-0.2, -0.15) is 0 Å². The summed E-state index contributed by atoms with van der Waals surface area (Å²) >= 11 is 0. The first-order valence-electron chi connectivity index (χ1n) is 16.3. The normalized spacial score (nSPS) is 13.3. The van der Waals surface area contributed by atoms with Crippen molar-refractivity contribution in [2.75, 3.05) is 13.2 Å². The molecular weight excluding hydrogens is 694 g/mol. The van der Waals surface area contributed by atoms with Crippen LogP contribution >= 0.6 is 0 Å². The van der Waals surface area contributed by atoms with Gasteiger partial charge in [0, 0.05) is 37.0 Å². The molecule has 1 heterocycles. The van der Waals surface area contributed by atoms with E-state index in [9.17, 15) is 37.2 Å². The van der Waals surface area contributed by atoms with Gasteiger partial charge >= 0.3 is 11.9 Å². The van der Waals surface area contributed by atoms with Crippen molar-refractivity contribution in [1.82, 2.24) is 14.9 Å². The highest BCUT2D eigenvalue weighted by molar-refractivity contribution is 7.90. The summed E-state index contributed by atoms with van der Waals surface area (Å²) in [6.07, 6.45) is 1.61. The fourth-order valence-corrected chi connectivity index (χ4v) is 6.04. The van der Waals surface area contributed by atoms with Crippen molar-refractivity contribution in [3.05, 3.63) is 102 Å². The Morgan fingerprint density at radius 3 is 2.12 bits per heavy atom. The molecule has 1 aliphatic heterocycles. The number of hydrogen-bond acceptors (Lipinski definition) is 11. The Balaban J connectivity index is 1.63. The van der Waals surface area contributed by atoms with Crippen molar-refractivity contribution in [2.45, 2.75) is 58.1 Å². The zero-order valence-corrected chi connectivity index (χ0v) is 29.9. The molecule has 0 saturated carbocycles. The van der Waals surface area contributed by atoms with Gasteiger partial charge in [-0.3, -0.25) is 24.1 Å². The van der Waals surface area contributed by atoms with Crippen LogP contribution in [0.25, 0.3) is 0 Å². The van der Waals surface area contributed by atoms with E-state index in [0.29, 0.717) is 17.9 Å². The van der Waals surface area contributed by atoms with Crippen LogP contribution in [0.2, 0.25) is 0 Å². The summed E-state index contributed by atoms with van der Waals surface area (Å²) in [4.78, 5) is 76.8. The van der Waals surface area contributed by atoms with Gasteiger partial charge in [-0.15, -0.1) is 0 Å². The van der Waals surface area contributed by atoms with Crippen molar-refractivity contribution >= 4 is 45.6 Å². The third-order valence-corrected chi connectivity index (χ3v) is 8.92. The average molecular weight is 734 g/mol. The summed E-state index contributed by atoms with van der Waals surface area (Å²) in [5.41, 5.74) is -0.0644. The van der Waals surface area contributed by atoms with E-state index in [1.807, 2.05) is 35.1 Å². The molecule has 0 aliphatic carbocycles. The van der Waals surface area contributed by atoms with Crippen molar-refractivity contribution in [2.24, 2.45) is 5.41 Å². The summed E-state index contributed by atoms with van der Waals surface area (Å²) in [6, 6.07) is 18.1. The molecular formula is C37H39N3O11S. The molecule has 2 N–H and O–H groups in total. The first kappa shape index (κ1) is 39.0. The molecule has 14 nitrogen and oxygen atoms in total. The smallest absolute Gasteiger partial charge is 0.341 e. The first-order valence-corrected chi connectivity index (χ1v) is 17.7. The Kier molecular flexibility index (Phi) is 12.7. The minimum Gasteiger partial charge on any atom is -0.489 e. The Morgan fingerprint density at radius 2 is 1.50 bits per heavy atom. The van der Waals surface area contributed by atoms with Gasteiger partial charge in [0.05, 0.1) is 6.61 Å². The van der Waals surface area contributed by atoms with E-state index in [1.54, 1.807) is 24.3 Å². The number of nitrogens with zero attached hydrogens (tertiary/aromatic N) is 1. The fraction of sp³-hybridized carbons (Fsp3) is 0.297. The van der Waals surface area contributed by atoms with Gasteiger partial charge < -0.3 is 19.5 Å². The Labute approximate surface area is 301 Å². The summed E-state index contributed by atoms with van der Waals surface area (Å²) in [7, 11) is -4.72. The van der Waals surface area contributed by atoms with E-state index >= 15 is 0 Å². The third kappa shape index (κ3) is 10.4. The monoisotopic (exact) mass is 733 g/mol. The lowest BCUT2D eigenvalue weighted by atomic mass is 9.96. The number of benzene rings is 3. The molecule has 1 atom stereocenters. The van der Waals surface area contributed by atoms with Gasteiger partial charge in [-0.05, 0) is 42.3 Å². The molecule has 0 radical (unpaired) electrons. The molecule has 0 saturated heterocycles. The van der Waals surface area contributed by atoms with Crippen molar-refractivity contribution in [1.29, 1.82) is 0 Å². The quantitative estimate of drug-likeness (QED) is 0.132. The van der Waals surface area contributed by atoms with Crippen LogP contribution in [0.15, 0.2) is 89.8 Å². The molecule has 274 valence electrons. The number of para-hydroxylation sites is 1. The Bertz CT molecular complexity index is 1950. The second kappa shape index (κ2) is 16.9. The highest BCUT2D eigenvalue weighted by Gasteiger charge is 2.34. The largest absolute Gasteiger partial charge is 0.489 e. The molecule has 0 aromatic heterocycles. The van der Waals surface area contributed by atoms with E-state index in [-0.39, 0.29) is 26.0 Å². The molecule has 3 aromatic carbocycles. The predicted octanol–water partition coefficient (Wildman–Crippen LogP) is 3.24. The molecule has 15 heteroatoms. The minimum absolute atomic E-state index is 0.0920. The summed E-state index contributed by atoms with van der Waals surface area (Å²) in [6.45, 7) is 5.96. The molecule has 3 aromatic rings. The van der Waals surface area contributed by atoms with Gasteiger partial charge in [0.15, 0.2) is 5.75 Å². The van der Waals surface area contributed by atoms with Crippen LogP contribution in [0.3, 0.4) is 0 Å². The van der Waals surface area contributed by atoms with Crippen molar-refractivity contribution < 1.29 is 51.4 Å². The van der Waals surface area contributed by atoms with Crippen molar-refractivity contribution in [3.63, 3.8) is 0 Å². The summed E-state index contributed by atoms with van der Waals surface area (Å²) < 4.78 is 45.4. The fourth-order valence-electron chi connectivity index (χ4n) is 4.73. The topological polar surface area (TPSA) is 192 Å². The van der Waals surface area contributed by atoms with E-state index in [0.717, 1.165) is 28.7 Å². The van der Waals surface area contributed by atoms with E-state index in [1.165, 1.54) is 39.8 Å². The molecule has 4 amide bonds. The summed E-state index contributed by atoms with van der Waals surface area (Å²) in [5, 5.41) is 2.53. The zero-order chi connectivity index (χ0) is 38.1. The molecule has 4 rings (SSSR count). The lowest BCUT2D eigenvalue weighted by molar-refractivity contribution is -0.141. The van der Waals surface area contributed by atoms with E-state index in [2.05, 4.69) is 5.32 Å². The lowest BCUT2D eigenvalue weighted by Gasteiger charge is -2.22. The minimum atomic E-state index is -4.72. The van der Waals surface area contributed by atoms with Gasteiger partial charge in [0.1, 0.15) is 28.9 Å². The van der Waals surface area contributed by atoms with E-state index < -0.39 is 73.3 Å². The second-order valence-corrected chi connectivity index (χ2v) is 14.3. The SMILES string of the molecule is CCOC(=O)c1cccc(S(=O)(=O)NC(=O)C(C)(C)C)c1OC(=O)[C@H](Cc1ccc(OCc2ccccc2)cc1)NC(=O)CCN1C(=O)C=CC1=O. The highest BCUT2D eigenvalue weighted by Crippen LogP contribution is 2.30. The number of amides is 4. The molecule has 0 spiro atoms. The molecule has 1 aliphatic rings. The van der Waals surface area contributed by atoms with Crippen LogP contribution in [0, 0.1) is 5.41 Å². The van der Waals surface area contributed by atoms with Crippen LogP contribution in [-0.4, -0.2) is 68.1 Å². The maximum atomic E-state index is 13.9. The molecule has 0 fully saturated rings. The predicted molar refractivity (Wildman–Crippen MR) is 186 cm³/mol. The average Bonchev–Trinajstić information content (AvgIpc) is 3.42. The molecule has 0 bridgehead atoms. The number of esters is 2. The number of rotatable bonds is 15. The number of nitrogens with one attached hydrogen (secondary N) is 2.